The summed E-state index contributed by atoms with van der Waals surface area (Å²) in [5.74, 6) is 2.08. The van der Waals surface area contributed by atoms with Gasteiger partial charge in [0, 0.05) is 0 Å². The molecule has 0 atom stereocenters. The van der Waals surface area contributed by atoms with Gasteiger partial charge >= 0.3 is 0 Å². The van der Waals surface area contributed by atoms with E-state index < -0.39 is 0 Å². The van der Waals surface area contributed by atoms with E-state index >= 15 is 0 Å². The van der Waals surface area contributed by atoms with Crippen molar-refractivity contribution in [1.82, 2.24) is 5.43 Å². The zero-order valence-corrected chi connectivity index (χ0v) is 15.1. The van der Waals surface area contributed by atoms with E-state index in [0.29, 0.717) is 22.4 Å². The molecule has 0 bridgehead atoms. The first-order chi connectivity index (χ1) is 11.7. The summed E-state index contributed by atoms with van der Waals surface area (Å²) in [6.45, 7) is 0.222. The highest BCUT2D eigenvalue weighted by Crippen LogP contribution is 2.39. The van der Waals surface area contributed by atoms with Crippen molar-refractivity contribution in [3.05, 3.63) is 46.4 Å². The molecule has 1 aliphatic heterocycles. The van der Waals surface area contributed by atoms with Crippen LogP contribution in [0.25, 0.3) is 0 Å². The lowest BCUT2D eigenvalue weighted by atomic mass is 10.2. The molecule has 0 amide bonds. The summed E-state index contributed by atoms with van der Waals surface area (Å²) in [7, 11) is 1.60. The van der Waals surface area contributed by atoms with Crippen LogP contribution < -0.4 is 25.0 Å². The molecular formula is C16H14BrN3O3S. The van der Waals surface area contributed by atoms with Crippen LogP contribution in [0, 0.1) is 0 Å². The van der Waals surface area contributed by atoms with Gasteiger partial charge in [0.2, 0.25) is 6.79 Å². The standard InChI is InChI=1S/C16H14BrN3O3S/c1-21-13-5-3-2-4-12(13)19-16(24)20-18-8-10-6-11(17)15-14(7-10)22-9-23-15/h2-8H,9H2,1H3,(H2,19,20,24)/b18-8-. The largest absolute Gasteiger partial charge is 0.495 e. The highest BCUT2D eigenvalue weighted by atomic mass is 79.9. The van der Waals surface area contributed by atoms with Crippen molar-refractivity contribution in [2.75, 3.05) is 19.2 Å². The van der Waals surface area contributed by atoms with Crippen LogP contribution in [0.2, 0.25) is 0 Å². The average molecular weight is 408 g/mol. The Morgan fingerprint density at radius 3 is 3.00 bits per heavy atom. The van der Waals surface area contributed by atoms with Crippen LogP contribution in [0.5, 0.6) is 17.2 Å². The molecule has 0 unspecified atom stereocenters. The lowest BCUT2D eigenvalue weighted by molar-refractivity contribution is 0.173. The number of hydrazone groups is 1. The predicted octanol–water partition coefficient (Wildman–Crippen LogP) is 3.51. The lowest BCUT2D eigenvalue weighted by Gasteiger charge is -2.10. The number of para-hydroxylation sites is 2. The third kappa shape index (κ3) is 3.77. The van der Waals surface area contributed by atoms with Crippen molar-refractivity contribution in [3.8, 4) is 17.2 Å². The molecule has 0 spiro atoms. The van der Waals surface area contributed by atoms with Crippen LogP contribution in [0.15, 0.2) is 46.0 Å². The quantitative estimate of drug-likeness (QED) is 0.459. The molecule has 0 saturated carbocycles. The smallest absolute Gasteiger partial charge is 0.231 e. The Bertz CT molecular complexity index is 798. The number of halogens is 1. The second-order valence-electron chi connectivity index (χ2n) is 4.76. The molecule has 0 fully saturated rings. The Balaban J connectivity index is 1.62. The number of fused-ring (bicyclic) bond motifs is 1. The van der Waals surface area contributed by atoms with Crippen LogP contribution in [-0.2, 0) is 0 Å². The molecule has 3 rings (SSSR count). The van der Waals surface area contributed by atoms with Gasteiger partial charge in [0.1, 0.15) is 5.75 Å². The molecule has 0 aliphatic carbocycles. The third-order valence-electron chi connectivity index (χ3n) is 3.18. The molecular weight excluding hydrogens is 394 g/mol. The zero-order chi connectivity index (χ0) is 16.9. The number of thiocarbonyl (C=S) groups is 1. The average Bonchev–Trinajstić information content (AvgIpc) is 3.04. The molecule has 2 aromatic carbocycles. The summed E-state index contributed by atoms with van der Waals surface area (Å²) in [4.78, 5) is 0. The molecule has 2 aromatic rings. The Morgan fingerprint density at radius 2 is 2.17 bits per heavy atom. The van der Waals surface area contributed by atoms with E-state index in [-0.39, 0.29) is 6.79 Å². The summed E-state index contributed by atoms with van der Waals surface area (Å²) in [5, 5.41) is 7.51. The van der Waals surface area contributed by atoms with Crippen molar-refractivity contribution in [2.45, 2.75) is 0 Å². The Kier molecular flexibility index (Phi) is 5.17. The van der Waals surface area contributed by atoms with Gasteiger partial charge in [0.15, 0.2) is 16.6 Å². The van der Waals surface area contributed by atoms with Crippen molar-refractivity contribution < 1.29 is 14.2 Å². The second kappa shape index (κ2) is 7.50. The minimum Gasteiger partial charge on any atom is -0.495 e. The highest BCUT2D eigenvalue weighted by molar-refractivity contribution is 9.10. The number of hydrogen-bond acceptors (Lipinski definition) is 5. The molecule has 6 nitrogen and oxygen atoms in total. The Labute approximate surface area is 152 Å². The van der Waals surface area contributed by atoms with Crippen LogP contribution in [-0.4, -0.2) is 25.2 Å². The number of methoxy groups -OCH3 is 1. The highest BCUT2D eigenvalue weighted by Gasteiger charge is 2.17. The van der Waals surface area contributed by atoms with E-state index in [4.69, 9.17) is 26.4 Å². The minimum absolute atomic E-state index is 0.222. The van der Waals surface area contributed by atoms with Gasteiger partial charge in [0.25, 0.3) is 0 Å². The van der Waals surface area contributed by atoms with Gasteiger partial charge < -0.3 is 19.5 Å². The van der Waals surface area contributed by atoms with Gasteiger partial charge in [-0.3, -0.25) is 5.43 Å². The van der Waals surface area contributed by atoms with Gasteiger partial charge in [-0.25, -0.2) is 0 Å². The van der Waals surface area contributed by atoms with E-state index in [9.17, 15) is 0 Å². The summed E-state index contributed by atoms with van der Waals surface area (Å²) in [6, 6.07) is 11.2. The zero-order valence-electron chi connectivity index (χ0n) is 12.7. The number of ether oxygens (including phenoxy) is 3. The maximum Gasteiger partial charge on any atom is 0.231 e. The lowest BCUT2D eigenvalue weighted by Crippen LogP contribution is -2.24. The summed E-state index contributed by atoms with van der Waals surface area (Å²) >= 11 is 8.66. The fraction of sp³-hybridized carbons (Fsp3) is 0.125. The summed E-state index contributed by atoms with van der Waals surface area (Å²) in [5.41, 5.74) is 4.37. The maximum atomic E-state index is 5.37. The molecule has 8 heteroatoms. The monoisotopic (exact) mass is 407 g/mol. The molecule has 1 aliphatic rings. The van der Waals surface area contributed by atoms with Crippen LogP contribution in [0.3, 0.4) is 0 Å². The third-order valence-corrected chi connectivity index (χ3v) is 3.97. The van der Waals surface area contributed by atoms with Crippen molar-refractivity contribution in [1.29, 1.82) is 0 Å². The molecule has 0 aromatic heterocycles. The number of hydrogen-bond donors (Lipinski definition) is 2. The number of benzene rings is 2. The Hall–Kier alpha value is -2.32. The van der Waals surface area contributed by atoms with E-state index in [1.54, 1.807) is 13.3 Å². The van der Waals surface area contributed by atoms with Crippen molar-refractivity contribution >= 4 is 45.2 Å². The first-order valence-electron chi connectivity index (χ1n) is 6.99. The number of nitrogens with zero attached hydrogens (tertiary/aromatic N) is 1. The predicted molar refractivity (Wildman–Crippen MR) is 100 cm³/mol. The summed E-state index contributed by atoms with van der Waals surface area (Å²) < 4.78 is 16.8. The minimum atomic E-state index is 0.222. The number of anilines is 1. The fourth-order valence-electron chi connectivity index (χ4n) is 2.13. The van der Waals surface area contributed by atoms with Crippen molar-refractivity contribution in [2.24, 2.45) is 5.10 Å². The van der Waals surface area contributed by atoms with E-state index in [1.165, 1.54) is 0 Å². The number of nitrogens with one attached hydrogen (secondary N) is 2. The number of rotatable bonds is 4. The SMILES string of the molecule is COc1ccccc1NC(=S)N/N=C\c1cc(Br)c2c(c1)OCO2. The molecule has 124 valence electrons. The molecule has 24 heavy (non-hydrogen) atoms. The summed E-state index contributed by atoms with van der Waals surface area (Å²) in [6.07, 6.45) is 1.64. The van der Waals surface area contributed by atoms with E-state index in [0.717, 1.165) is 15.7 Å². The molecule has 0 radical (unpaired) electrons. The van der Waals surface area contributed by atoms with Crippen LogP contribution in [0.4, 0.5) is 5.69 Å². The van der Waals surface area contributed by atoms with Crippen LogP contribution >= 0.6 is 28.1 Å². The molecule has 2 N–H and O–H groups in total. The van der Waals surface area contributed by atoms with Gasteiger partial charge in [-0.15, -0.1) is 0 Å². The first-order valence-corrected chi connectivity index (χ1v) is 8.19. The first kappa shape index (κ1) is 16.5. The van der Waals surface area contributed by atoms with Gasteiger partial charge in [0.05, 0.1) is 23.5 Å². The van der Waals surface area contributed by atoms with E-state index in [1.807, 2.05) is 36.4 Å². The fourth-order valence-corrected chi connectivity index (χ4v) is 2.86. The Morgan fingerprint density at radius 1 is 1.33 bits per heavy atom. The van der Waals surface area contributed by atoms with Gasteiger partial charge in [-0.05, 0) is 58.0 Å². The van der Waals surface area contributed by atoms with Gasteiger partial charge in [-0.2, -0.15) is 5.10 Å². The van der Waals surface area contributed by atoms with Gasteiger partial charge in [-0.1, -0.05) is 12.1 Å². The molecule has 0 saturated heterocycles. The topological polar surface area (TPSA) is 64.1 Å². The normalized spacial score (nSPS) is 12.2. The second-order valence-corrected chi connectivity index (χ2v) is 6.02. The maximum absolute atomic E-state index is 5.37. The molecule has 1 heterocycles. The van der Waals surface area contributed by atoms with Crippen LogP contribution in [0.1, 0.15) is 5.56 Å². The van der Waals surface area contributed by atoms with Crippen molar-refractivity contribution in [3.63, 3.8) is 0 Å². The van der Waals surface area contributed by atoms with E-state index in [2.05, 4.69) is 31.8 Å².